The van der Waals surface area contributed by atoms with Crippen LogP contribution in [-0.2, 0) is 6.54 Å². The molecule has 7 heteroatoms. The lowest BCUT2D eigenvalue weighted by atomic mass is 10.2. The number of hydrogen-bond donors (Lipinski definition) is 2. The summed E-state index contributed by atoms with van der Waals surface area (Å²) in [7, 11) is 0. The average Bonchev–Trinajstić information content (AvgIpc) is 3.04. The number of aromatic nitrogens is 5. The Bertz CT molecular complexity index is 728. The van der Waals surface area contributed by atoms with E-state index in [1.807, 2.05) is 37.3 Å². The van der Waals surface area contributed by atoms with Crippen LogP contribution in [0.2, 0.25) is 0 Å². The lowest BCUT2D eigenvalue weighted by molar-refractivity contribution is 0.326. The van der Waals surface area contributed by atoms with Crippen molar-refractivity contribution in [2.75, 3.05) is 11.9 Å². The zero-order valence-electron chi connectivity index (χ0n) is 12.2. The Labute approximate surface area is 127 Å². The second-order valence-electron chi connectivity index (χ2n) is 4.48. The predicted molar refractivity (Wildman–Crippen MR) is 82.3 cm³/mol. The molecule has 3 rings (SSSR count). The number of ether oxygens (including phenoxy) is 1. The van der Waals surface area contributed by atoms with Crippen LogP contribution in [0.4, 0.5) is 5.95 Å². The van der Waals surface area contributed by atoms with Crippen molar-refractivity contribution in [1.82, 2.24) is 25.1 Å². The third-order valence-electron chi connectivity index (χ3n) is 2.90. The fourth-order valence-corrected chi connectivity index (χ4v) is 1.91. The van der Waals surface area contributed by atoms with Gasteiger partial charge in [0, 0.05) is 17.8 Å². The minimum absolute atomic E-state index is 0.454. The minimum atomic E-state index is 0.454. The first-order chi connectivity index (χ1) is 10.8. The van der Waals surface area contributed by atoms with Crippen molar-refractivity contribution < 1.29 is 4.74 Å². The molecule has 0 aliphatic carbocycles. The van der Waals surface area contributed by atoms with Crippen molar-refractivity contribution in [2.24, 2.45) is 0 Å². The molecule has 112 valence electrons. The summed E-state index contributed by atoms with van der Waals surface area (Å²) in [6, 6.07) is 11.5. The highest BCUT2D eigenvalue weighted by Crippen LogP contribution is 2.14. The molecule has 0 unspecified atom stereocenters. The van der Waals surface area contributed by atoms with Crippen molar-refractivity contribution in [3.63, 3.8) is 0 Å². The second-order valence-corrected chi connectivity index (χ2v) is 4.48. The lowest BCUT2D eigenvalue weighted by Gasteiger charge is -2.04. The third kappa shape index (κ3) is 3.38. The van der Waals surface area contributed by atoms with Crippen LogP contribution >= 0.6 is 0 Å². The number of aromatic amines is 1. The summed E-state index contributed by atoms with van der Waals surface area (Å²) in [6.45, 7) is 2.93. The number of hydrogen-bond acceptors (Lipinski definition) is 6. The van der Waals surface area contributed by atoms with Gasteiger partial charge in [-0.2, -0.15) is 10.1 Å². The predicted octanol–water partition coefficient (Wildman–Crippen LogP) is 2.27. The maximum absolute atomic E-state index is 5.33. The molecule has 22 heavy (non-hydrogen) atoms. The molecule has 0 bridgehead atoms. The first-order valence-electron chi connectivity index (χ1n) is 7.01. The summed E-state index contributed by atoms with van der Waals surface area (Å²) in [5.41, 5.74) is 0.972. The van der Waals surface area contributed by atoms with Gasteiger partial charge in [-0.05, 0) is 6.92 Å². The number of nitrogens with one attached hydrogen (secondary N) is 2. The average molecular weight is 296 g/mol. The third-order valence-corrected chi connectivity index (χ3v) is 2.90. The quantitative estimate of drug-likeness (QED) is 0.725. The van der Waals surface area contributed by atoms with Gasteiger partial charge in [-0.1, -0.05) is 30.3 Å². The molecule has 2 heterocycles. The first-order valence-corrected chi connectivity index (χ1v) is 7.01. The zero-order chi connectivity index (χ0) is 15.2. The highest BCUT2D eigenvalue weighted by atomic mass is 16.5. The number of H-pyrrole nitrogens is 1. The van der Waals surface area contributed by atoms with Gasteiger partial charge in [-0.25, -0.2) is 9.97 Å². The van der Waals surface area contributed by atoms with Gasteiger partial charge in [0.25, 0.3) is 0 Å². The van der Waals surface area contributed by atoms with E-state index in [9.17, 15) is 0 Å². The van der Waals surface area contributed by atoms with E-state index in [4.69, 9.17) is 4.74 Å². The fraction of sp³-hybridized carbons (Fsp3) is 0.200. The van der Waals surface area contributed by atoms with Gasteiger partial charge in [0.05, 0.1) is 13.2 Å². The number of rotatable bonds is 6. The van der Waals surface area contributed by atoms with E-state index < -0.39 is 0 Å². The summed E-state index contributed by atoms with van der Waals surface area (Å²) in [6.07, 6.45) is 1.65. The van der Waals surface area contributed by atoms with E-state index >= 15 is 0 Å². The number of anilines is 1. The van der Waals surface area contributed by atoms with Crippen LogP contribution in [0.25, 0.3) is 11.4 Å². The topological polar surface area (TPSA) is 88.6 Å². The molecule has 0 atom stereocenters. The van der Waals surface area contributed by atoms with E-state index in [1.54, 1.807) is 12.3 Å². The second kappa shape index (κ2) is 6.66. The smallest absolute Gasteiger partial charge is 0.226 e. The largest absolute Gasteiger partial charge is 0.478 e. The molecular formula is C15H16N6O. The standard InChI is InChI=1S/C15H16N6O/c1-2-22-13-8-9-16-15(19-13)17-10-12-18-14(21-20-12)11-6-4-3-5-7-11/h3-9H,2,10H2,1H3,(H,16,17,19)(H,18,20,21). The molecule has 0 saturated heterocycles. The van der Waals surface area contributed by atoms with Crippen molar-refractivity contribution in [2.45, 2.75) is 13.5 Å². The Hall–Kier alpha value is -2.96. The maximum Gasteiger partial charge on any atom is 0.226 e. The fourth-order valence-electron chi connectivity index (χ4n) is 1.91. The highest BCUT2D eigenvalue weighted by Gasteiger charge is 2.06. The molecule has 0 aliphatic heterocycles. The molecule has 7 nitrogen and oxygen atoms in total. The first kappa shape index (κ1) is 14.0. The molecule has 2 N–H and O–H groups in total. The van der Waals surface area contributed by atoms with Crippen molar-refractivity contribution >= 4 is 5.95 Å². The molecule has 0 radical (unpaired) electrons. The van der Waals surface area contributed by atoms with E-state index in [0.29, 0.717) is 36.6 Å². The Morgan fingerprint density at radius 2 is 2.00 bits per heavy atom. The van der Waals surface area contributed by atoms with E-state index in [1.165, 1.54) is 0 Å². The van der Waals surface area contributed by atoms with Crippen LogP contribution in [0, 0.1) is 0 Å². The summed E-state index contributed by atoms with van der Waals surface area (Å²) < 4.78 is 5.33. The molecule has 2 aromatic heterocycles. The number of benzene rings is 1. The van der Waals surface area contributed by atoms with Crippen LogP contribution in [0.1, 0.15) is 12.7 Å². The van der Waals surface area contributed by atoms with E-state index in [2.05, 4.69) is 30.5 Å². The molecule has 0 spiro atoms. The molecule has 0 saturated carbocycles. The SMILES string of the molecule is CCOc1ccnc(NCc2nc(-c3ccccc3)n[nH]2)n1. The molecule has 0 fully saturated rings. The van der Waals surface area contributed by atoms with Crippen LogP contribution < -0.4 is 10.1 Å². The van der Waals surface area contributed by atoms with Crippen molar-refractivity contribution in [3.8, 4) is 17.3 Å². The Morgan fingerprint density at radius 1 is 1.14 bits per heavy atom. The minimum Gasteiger partial charge on any atom is -0.478 e. The molecular weight excluding hydrogens is 280 g/mol. The van der Waals surface area contributed by atoms with Gasteiger partial charge < -0.3 is 10.1 Å². The van der Waals surface area contributed by atoms with Crippen LogP contribution in [0.3, 0.4) is 0 Å². The summed E-state index contributed by atoms with van der Waals surface area (Å²) in [5, 5.41) is 10.2. The summed E-state index contributed by atoms with van der Waals surface area (Å²) in [5.74, 6) is 2.41. The van der Waals surface area contributed by atoms with Crippen LogP contribution in [-0.4, -0.2) is 31.8 Å². The summed E-state index contributed by atoms with van der Waals surface area (Å²) in [4.78, 5) is 12.8. The van der Waals surface area contributed by atoms with Crippen LogP contribution in [0.5, 0.6) is 5.88 Å². The molecule has 0 aliphatic rings. The van der Waals surface area contributed by atoms with Crippen molar-refractivity contribution in [1.29, 1.82) is 0 Å². The maximum atomic E-state index is 5.33. The van der Waals surface area contributed by atoms with Gasteiger partial charge >= 0.3 is 0 Å². The van der Waals surface area contributed by atoms with Gasteiger partial charge in [0.2, 0.25) is 11.8 Å². The Balaban J connectivity index is 1.65. The molecule has 3 aromatic rings. The highest BCUT2D eigenvalue weighted by molar-refractivity contribution is 5.53. The summed E-state index contributed by atoms with van der Waals surface area (Å²) >= 11 is 0. The Morgan fingerprint density at radius 3 is 2.82 bits per heavy atom. The van der Waals surface area contributed by atoms with Crippen LogP contribution in [0.15, 0.2) is 42.6 Å². The van der Waals surface area contributed by atoms with Crippen molar-refractivity contribution in [3.05, 3.63) is 48.4 Å². The molecule has 0 amide bonds. The zero-order valence-corrected chi connectivity index (χ0v) is 12.2. The van der Waals surface area contributed by atoms with E-state index in [-0.39, 0.29) is 0 Å². The van der Waals surface area contributed by atoms with Gasteiger partial charge in [0.15, 0.2) is 5.82 Å². The van der Waals surface area contributed by atoms with Gasteiger partial charge in [-0.15, -0.1) is 0 Å². The lowest BCUT2D eigenvalue weighted by Crippen LogP contribution is -2.06. The van der Waals surface area contributed by atoms with E-state index in [0.717, 1.165) is 5.56 Å². The monoisotopic (exact) mass is 296 g/mol. The number of nitrogens with zero attached hydrogens (tertiary/aromatic N) is 4. The normalized spacial score (nSPS) is 10.4. The van der Waals surface area contributed by atoms with Gasteiger partial charge in [0.1, 0.15) is 5.82 Å². The van der Waals surface area contributed by atoms with Gasteiger partial charge in [-0.3, -0.25) is 5.10 Å². The Kier molecular flexibility index (Phi) is 4.24. The molecule has 1 aromatic carbocycles.